The van der Waals surface area contributed by atoms with Crippen molar-refractivity contribution in [3.05, 3.63) is 54.0 Å². The second-order valence-electron chi connectivity index (χ2n) is 5.50. The van der Waals surface area contributed by atoms with E-state index in [2.05, 4.69) is 20.9 Å². The second kappa shape index (κ2) is 7.19. The van der Waals surface area contributed by atoms with Crippen LogP contribution in [0.3, 0.4) is 0 Å². The number of pyridine rings is 1. The van der Waals surface area contributed by atoms with Crippen molar-refractivity contribution in [3.63, 3.8) is 0 Å². The summed E-state index contributed by atoms with van der Waals surface area (Å²) in [6.07, 6.45) is 3.38. The summed E-state index contributed by atoms with van der Waals surface area (Å²) in [6.45, 7) is 1.80. The SMILES string of the molecule is O=C(NC1CCNCC1)c1cccnc1Nc1ccccc1F. The smallest absolute Gasteiger partial charge is 0.255 e. The number of nitrogens with one attached hydrogen (secondary N) is 3. The third-order valence-electron chi connectivity index (χ3n) is 3.85. The van der Waals surface area contributed by atoms with Crippen LogP contribution in [0.15, 0.2) is 42.6 Å². The van der Waals surface area contributed by atoms with Gasteiger partial charge >= 0.3 is 0 Å². The van der Waals surface area contributed by atoms with E-state index < -0.39 is 0 Å². The Bertz CT molecular complexity index is 686. The van der Waals surface area contributed by atoms with E-state index in [1.165, 1.54) is 6.07 Å². The second-order valence-corrected chi connectivity index (χ2v) is 5.50. The molecule has 0 unspecified atom stereocenters. The Hall–Kier alpha value is -2.47. The van der Waals surface area contributed by atoms with Gasteiger partial charge in [-0.2, -0.15) is 0 Å². The summed E-state index contributed by atoms with van der Waals surface area (Å²) in [7, 11) is 0. The van der Waals surface area contributed by atoms with Gasteiger partial charge in [0.05, 0.1) is 11.3 Å². The Morgan fingerprint density at radius 3 is 2.74 bits per heavy atom. The number of amides is 1. The summed E-state index contributed by atoms with van der Waals surface area (Å²) in [6, 6.07) is 9.85. The predicted octanol–water partition coefficient (Wildman–Crippen LogP) is 2.45. The molecule has 3 N–H and O–H groups in total. The molecule has 0 radical (unpaired) electrons. The molecule has 0 spiro atoms. The zero-order chi connectivity index (χ0) is 16.1. The highest BCUT2D eigenvalue weighted by Gasteiger charge is 2.19. The lowest BCUT2D eigenvalue weighted by Crippen LogP contribution is -2.42. The Morgan fingerprint density at radius 2 is 1.96 bits per heavy atom. The van der Waals surface area contributed by atoms with E-state index in [-0.39, 0.29) is 17.8 Å². The van der Waals surface area contributed by atoms with Crippen LogP contribution in [0.25, 0.3) is 0 Å². The first-order chi connectivity index (χ1) is 11.2. The molecule has 120 valence electrons. The van der Waals surface area contributed by atoms with Gasteiger partial charge in [-0.25, -0.2) is 9.37 Å². The largest absolute Gasteiger partial charge is 0.349 e. The van der Waals surface area contributed by atoms with Gasteiger partial charge in [-0.15, -0.1) is 0 Å². The Morgan fingerprint density at radius 1 is 1.17 bits per heavy atom. The Balaban J connectivity index is 1.77. The maximum atomic E-state index is 13.8. The molecule has 2 heterocycles. The molecule has 3 rings (SSSR count). The molecule has 0 atom stereocenters. The van der Waals surface area contributed by atoms with Crippen molar-refractivity contribution >= 4 is 17.4 Å². The Kier molecular flexibility index (Phi) is 4.83. The minimum Gasteiger partial charge on any atom is -0.349 e. The van der Waals surface area contributed by atoms with Crippen molar-refractivity contribution in [2.75, 3.05) is 18.4 Å². The van der Waals surface area contributed by atoms with E-state index in [1.807, 2.05) is 0 Å². The van der Waals surface area contributed by atoms with Gasteiger partial charge in [-0.05, 0) is 50.2 Å². The lowest BCUT2D eigenvalue weighted by Gasteiger charge is -2.24. The highest BCUT2D eigenvalue weighted by molar-refractivity contribution is 5.99. The summed E-state index contributed by atoms with van der Waals surface area (Å²) in [5.41, 5.74) is 0.705. The van der Waals surface area contributed by atoms with E-state index in [4.69, 9.17) is 0 Å². The molecule has 0 aliphatic carbocycles. The van der Waals surface area contributed by atoms with Gasteiger partial charge in [-0.1, -0.05) is 12.1 Å². The number of carbonyl (C=O) groups is 1. The zero-order valence-electron chi connectivity index (χ0n) is 12.7. The number of piperidine rings is 1. The minimum absolute atomic E-state index is 0.158. The molecule has 5 nitrogen and oxygen atoms in total. The minimum atomic E-state index is -0.386. The number of hydrogen-bond acceptors (Lipinski definition) is 4. The monoisotopic (exact) mass is 314 g/mol. The van der Waals surface area contributed by atoms with Gasteiger partial charge in [0.15, 0.2) is 0 Å². The number of nitrogens with zero attached hydrogens (tertiary/aromatic N) is 1. The fourth-order valence-corrected chi connectivity index (χ4v) is 2.61. The predicted molar refractivity (Wildman–Crippen MR) is 87.3 cm³/mol. The molecule has 1 aromatic carbocycles. The van der Waals surface area contributed by atoms with Gasteiger partial charge in [0, 0.05) is 12.2 Å². The van der Waals surface area contributed by atoms with Crippen LogP contribution >= 0.6 is 0 Å². The van der Waals surface area contributed by atoms with Gasteiger partial charge in [0.25, 0.3) is 5.91 Å². The van der Waals surface area contributed by atoms with E-state index in [0.717, 1.165) is 25.9 Å². The number of carbonyl (C=O) groups excluding carboxylic acids is 1. The van der Waals surface area contributed by atoms with Crippen molar-refractivity contribution in [2.24, 2.45) is 0 Å². The van der Waals surface area contributed by atoms with Crippen molar-refractivity contribution in [2.45, 2.75) is 18.9 Å². The van der Waals surface area contributed by atoms with Gasteiger partial charge < -0.3 is 16.0 Å². The quantitative estimate of drug-likeness (QED) is 0.811. The lowest BCUT2D eigenvalue weighted by atomic mass is 10.1. The summed E-state index contributed by atoms with van der Waals surface area (Å²) in [5.74, 6) is -0.226. The van der Waals surface area contributed by atoms with Crippen molar-refractivity contribution < 1.29 is 9.18 Å². The summed E-state index contributed by atoms with van der Waals surface area (Å²) >= 11 is 0. The van der Waals surface area contributed by atoms with Crippen LogP contribution in [0.5, 0.6) is 0 Å². The first kappa shape index (κ1) is 15.4. The van der Waals surface area contributed by atoms with Crippen LogP contribution in [-0.4, -0.2) is 30.0 Å². The maximum Gasteiger partial charge on any atom is 0.255 e. The number of halogens is 1. The number of para-hydroxylation sites is 1. The molecule has 1 saturated heterocycles. The molecular formula is C17H19FN4O. The average Bonchev–Trinajstić information content (AvgIpc) is 2.58. The zero-order valence-corrected chi connectivity index (χ0v) is 12.7. The summed E-state index contributed by atoms with van der Waals surface area (Å²) in [4.78, 5) is 16.7. The highest BCUT2D eigenvalue weighted by atomic mass is 19.1. The van der Waals surface area contributed by atoms with Crippen LogP contribution in [0.2, 0.25) is 0 Å². The third-order valence-corrected chi connectivity index (χ3v) is 3.85. The maximum absolute atomic E-state index is 13.8. The lowest BCUT2D eigenvalue weighted by molar-refractivity contribution is 0.0930. The molecule has 1 aromatic heterocycles. The van der Waals surface area contributed by atoms with Gasteiger partial charge in [0.2, 0.25) is 0 Å². The van der Waals surface area contributed by atoms with E-state index >= 15 is 0 Å². The Labute approximate surface area is 134 Å². The van der Waals surface area contributed by atoms with E-state index in [1.54, 1.807) is 36.5 Å². The van der Waals surface area contributed by atoms with Crippen LogP contribution in [0.1, 0.15) is 23.2 Å². The highest BCUT2D eigenvalue weighted by Crippen LogP contribution is 2.21. The van der Waals surface area contributed by atoms with Crippen LogP contribution < -0.4 is 16.0 Å². The van der Waals surface area contributed by atoms with Crippen molar-refractivity contribution in [1.29, 1.82) is 0 Å². The molecule has 6 heteroatoms. The number of benzene rings is 1. The molecule has 1 aliphatic heterocycles. The molecule has 23 heavy (non-hydrogen) atoms. The summed E-state index contributed by atoms with van der Waals surface area (Å²) in [5, 5.41) is 9.18. The molecule has 2 aromatic rings. The molecule has 0 bridgehead atoms. The molecule has 1 amide bonds. The van der Waals surface area contributed by atoms with Gasteiger partial charge in [-0.3, -0.25) is 4.79 Å². The first-order valence-electron chi connectivity index (χ1n) is 7.72. The standard InChI is InChI=1S/C17H19FN4O/c18-14-5-1-2-6-15(14)22-16-13(4-3-9-20-16)17(23)21-12-7-10-19-11-8-12/h1-6,9,12,19H,7-8,10-11H2,(H,20,22)(H,21,23). The van der Waals surface area contributed by atoms with Gasteiger partial charge in [0.1, 0.15) is 11.6 Å². The number of hydrogen-bond donors (Lipinski definition) is 3. The normalized spacial score (nSPS) is 15.2. The average molecular weight is 314 g/mol. The van der Waals surface area contributed by atoms with Crippen molar-refractivity contribution in [1.82, 2.24) is 15.6 Å². The van der Waals surface area contributed by atoms with Crippen LogP contribution in [0.4, 0.5) is 15.9 Å². The van der Waals surface area contributed by atoms with Crippen LogP contribution in [0, 0.1) is 5.82 Å². The fourth-order valence-electron chi connectivity index (χ4n) is 2.61. The third kappa shape index (κ3) is 3.84. The number of anilines is 2. The van der Waals surface area contributed by atoms with Crippen molar-refractivity contribution in [3.8, 4) is 0 Å². The molecule has 0 saturated carbocycles. The van der Waals surface area contributed by atoms with E-state index in [0.29, 0.717) is 17.1 Å². The number of rotatable bonds is 4. The molecule has 1 fully saturated rings. The molecular weight excluding hydrogens is 295 g/mol. The van der Waals surface area contributed by atoms with E-state index in [9.17, 15) is 9.18 Å². The number of aromatic nitrogens is 1. The first-order valence-corrected chi connectivity index (χ1v) is 7.72. The molecule has 1 aliphatic rings. The summed E-state index contributed by atoms with van der Waals surface area (Å²) < 4.78 is 13.8. The van der Waals surface area contributed by atoms with Crippen LogP contribution in [-0.2, 0) is 0 Å². The topological polar surface area (TPSA) is 66.0 Å². The fraction of sp³-hybridized carbons (Fsp3) is 0.294.